The van der Waals surface area contributed by atoms with Gasteiger partial charge in [-0.2, -0.15) is 5.26 Å². The molecule has 0 fully saturated rings. The molecule has 1 aromatic carbocycles. The summed E-state index contributed by atoms with van der Waals surface area (Å²) in [7, 11) is 2.55. The lowest BCUT2D eigenvalue weighted by molar-refractivity contribution is 0.0598. The predicted molar refractivity (Wildman–Crippen MR) is 54.4 cm³/mol. The molecular formula is C11H9NO4. The first-order chi connectivity index (χ1) is 7.67. The zero-order valence-corrected chi connectivity index (χ0v) is 8.81. The van der Waals surface area contributed by atoms with Crippen molar-refractivity contribution < 1.29 is 19.1 Å². The SMILES string of the molecule is COC(=O)c1cc(C#N)cc(OC)c1C=O. The van der Waals surface area contributed by atoms with Crippen LogP contribution in [0.2, 0.25) is 0 Å². The standard InChI is InChI=1S/C11H9NO4/c1-15-10-4-7(5-12)3-8(9(10)6-13)11(14)16-2/h3-4,6H,1-2H3. The van der Waals surface area contributed by atoms with E-state index in [0.717, 1.165) is 0 Å². The van der Waals surface area contributed by atoms with Crippen LogP contribution in [0.1, 0.15) is 26.3 Å². The van der Waals surface area contributed by atoms with Gasteiger partial charge in [-0.25, -0.2) is 4.79 Å². The normalized spacial score (nSPS) is 9.06. The minimum absolute atomic E-state index is 0.0217. The number of nitrogens with zero attached hydrogens (tertiary/aromatic N) is 1. The number of aldehydes is 1. The summed E-state index contributed by atoms with van der Waals surface area (Å²) in [5.41, 5.74) is 0.324. The van der Waals surface area contributed by atoms with Crippen LogP contribution in [-0.4, -0.2) is 26.5 Å². The van der Waals surface area contributed by atoms with Crippen molar-refractivity contribution in [2.75, 3.05) is 14.2 Å². The summed E-state index contributed by atoms with van der Waals surface area (Å²) in [4.78, 5) is 22.2. The molecule has 0 heterocycles. The molecule has 0 aliphatic carbocycles. The molecule has 0 aliphatic heterocycles. The van der Waals surface area contributed by atoms with E-state index in [9.17, 15) is 9.59 Å². The molecule has 0 aliphatic rings. The Bertz CT molecular complexity index is 474. The number of ether oxygens (including phenoxy) is 2. The number of carbonyl (C=O) groups excluding carboxylic acids is 2. The van der Waals surface area contributed by atoms with E-state index in [2.05, 4.69) is 4.74 Å². The zero-order chi connectivity index (χ0) is 12.1. The minimum Gasteiger partial charge on any atom is -0.496 e. The lowest BCUT2D eigenvalue weighted by Crippen LogP contribution is -2.07. The maximum Gasteiger partial charge on any atom is 0.338 e. The van der Waals surface area contributed by atoms with Crippen LogP contribution < -0.4 is 4.74 Å². The summed E-state index contributed by atoms with van der Waals surface area (Å²) < 4.78 is 9.44. The molecular weight excluding hydrogens is 210 g/mol. The first-order valence-electron chi connectivity index (χ1n) is 4.33. The molecule has 0 saturated carbocycles. The monoisotopic (exact) mass is 219 g/mol. The highest BCUT2D eigenvalue weighted by atomic mass is 16.5. The van der Waals surface area contributed by atoms with Crippen molar-refractivity contribution in [3.63, 3.8) is 0 Å². The van der Waals surface area contributed by atoms with Gasteiger partial charge in [-0.1, -0.05) is 0 Å². The summed E-state index contributed by atoms with van der Waals surface area (Å²) in [6.45, 7) is 0. The van der Waals surface area contributed by atoms with E-state index in [-0.39, 0.29) is 22.4 Å². The second-order valence-electron chi connectivity index (χ2n) is 2.86. The smallest absolute Gasteiger partial charge is 0.338 e. The lowest BCUT2D eigenvalue weighted by atomic mass is 10.0. The molecule has 5 heteroatoms. The highest BCUT2D eigenvalue weighted by Crippen LogP contribution is 2.23. The van der Waals surface area contributed by atoms with E-state index < -0.39 is 5.97 Å². The van der Waals surface area contributed by atoms with E-state index >= 15 is 0 Å². The van der Waals surface area contributed by atoms with E-state index in [0.29, 0.717) is 6.29 Å². The highest BCUT2D eigenvalue weighted by molar-refractivity contribution is 6.00. The van der Waals surface area contributed by atoms with Gasteiger partial charge in [0.05, 0.1) is 37.0 Å². The maximum atomic E-state index is 11.4. The van der Waals surface area contributed by atoms with Crippen LogP contribution in [0, 0.1) is 11.3 Å². The molecule has 0 radical (unpaired) electrons. The predicted octanol–water partition coefficient (Wildman–Crippen LogP) is 1.17. The molecule has 0 N–H and O–H groups in total. The van der Waals surface area contributed by atoms with E-state index in [1.807, 2.05) is 6.07 Å². The van der Waals surface area contributed by atoms with Gasteiger partial charge in [-0.15, -0.1) is 0 Å². The molecule has 1 aromatic rings. The minimum atomic E-state index is -0.683. The molecule has 16 heavy (non-hydrogen) atoms. The molecule has 0 bridgehead atoms. The summed E-state index contributed by atoms with van der Waals surface area (Å²) in [6, 6.07) is 4.54. The Morgan fingerprint density at radius 1 is 1.44 bits per heavy atom. The number of esters is 1. The number of benzene rings is 1. The Hall–Kier alpha value is -2.35. The molecule has 82 valence electrons. The average molecular weight is 219 g/mol. The number of methoxy groups -OCH3 is 2. The Morgan fingerprint density at radius 2 is 2.12 bits per heavy atom. The van der Waals surface area contributed by atoms with Crippen LogP contribution in [0.4, 0.5) is 0 Å². The van der Waals surface area contributed by atoms with Gasteiger partial charge < -0.3 is 9.47 Å². The zero-order valence-electron chi connectivity index (χ0n) is 8.81. The van der Waals surface area contributed by atoms with Gasteiger partial charge in [-0.05, 0) is 12.1 Å². The molecule has 1 rings (SSSR count). The van der Waals surface area contributed by atoms with E-state index in [4.69, 9.17) is 10.00 Å². The van der Waals surface area contributed by atoms with Crippen LogP contribution in [0.15, 0.2) is 12.1 Å². The fraction of sp³-hybridized carbons (Fsp3) is 0.182. The molecule has 0 spiro atoms. The first-order valence-corrected chi connectivity index (χ1v) is 4.33. The van der Waals surface area contributed by atoms with E-state index in [1.165, 1.54) is 26.4 Å². The third kappa shape index (κ3) is 2.01. The quantitative estimate of drug-likeness (QED) is 0.563. The summed E-state index contributed by atoms with van der Waals surface area (Å²) in [6.07, 6.45) is 0.492. The lowest BCUT2D eigenvalue weighted by Gasteiger charge is -2.08. The molecule has 0 aromatic heterocycles. The van der Waals surface area contributed by atoms with Crippen LogP contribution in [0.5, 0.6) is 5.75 Å². The van der Waals surface area contributed by atoms with Crippen molar-refractivity contribution in [1.82, 2.24) is 0 Å². The van der Waals surface area contributed by atoms with Crippen molar-refractivity contribution in [2.45, 2.75) is 0 Å². The second kappa shape index (κ2) is 4.94. The third-order valence-electron chi connectivity index (χ3n) is 2.01. The van der Waals surface area contributed by atoms with E-state index in [1.54, 1.807) is 0 Å². The van der Waals surface area contributed by atoms with Gasteiger partial charge in [0.2, 0.25) is 0 Å². The number of hydrogen-bond acceptors (Lipinski definition) is 5. The van der Waals surface area contributed by atoms with Crippen LogP contribution in [-0.2, 0) is 4.74 Å². The van der Waals surface area contributed by atoms with Crippen molar-refractivity contribution in [3.05, 3.63) is 28.8 Å². The fourth-order valence-electron chi connectivity index (χ4n) is 1.26. The van der Waals surface area contributed by atoms with Crippen LogP contribution in [0.25, 0.3) is 0 Å². The maximum absolute atomic E-state index is 11.4. The number of hydrogen-bond donors (Lipinski definition) is 0. The number of rotatable bonds is 3. The van der Waals surface area contributed by atoms with Crippen molar-refractivity contribution in [1.29, 1.82) is 5.26 Å². The van der Waals surface area contributed by atoms with Gasteiger partial charge in [-0.3, -0.25) is 4.79 Å². The average Bonchev–Trinajstić information content (AvgIpc) is 2.35. The molecule has 5 nitrogen and oxygen atoms in total. The molecule has 0 saturated heterocycles. The largest absolute Gasteiger partial charge is 0.496 e. The molecule has 0 amide bonds. The Morgan fingerprint density at radius 3 is 2.56 bits per heavy atom. The molecule has 0 atom stereocenters. The Kier molecular flexibility index (Phi) is 3.62. The summed E-state index contributed by atoms with van der Waals surface area (Å²) >= 11 is 0. The Labute approximate surface area is 92.2 Å². The topological polar surface area (TPSA) is 76.4 Å². The summed E-state index contributed by atoms with van der Waals surface area (Å²) in [5, 5.41) is 8.75. The number of nitriles is 1. The molecule has 0 unspecified atom stereocenters. The van der Waals surface area contributed by atoms with Crippen molar-refractivity contribution in [2.24, 2.45) is 0 Å². The van der Waals surface area contributed by atoms with Crippen LogP contribution >= 0.6 is 0 Å². The third-order valence-corrected chi connectivity index (χ3v) is 2.01. The van der Waals surface area contributed by atoms with Crippen LogP contribution in [0.3, 0.4) is 0 Å². The van der Waals surface area contributed by atoms with Gasteiger partial charge in [0, 0.05) is 0 Å². The van der Waals surface area contributed by atoms with Gasteiger partial charge in [0.1, 0.15) is 5.75 Å². The van der Waals surface area contributed by atoms with Crippen molar-refractivity contribution >= 4 is 12.3 Å². The van der Waals surface area contributed by atoms with Gasteiger partial charge in [0.25, 0.3) is 0 Å². The van der Waals surface area contributed by atoms with Crippen molar-refractivity contribution in [3.8, 4) is 11.8 Å². The van der Waals surface area contributed by atoms with Gasteiger partial charge >= 0.3 is 5.97 Å². The second-order valence-corrected chi connectivity index (χ2v) is 2.86. The summed E-state index contributed by atoms with van der Waals surface area (Å²) in [5.74, 6) is -0.507. The highest BCUT2D eigenvalue weighted by Gasteiger charge is 2.17. The van der Waals surface area contributed by atoms with Gasteiger partial charge in [0.15, 0.2) is 6.29 Å². The Balaban J connectivity index is 3.50. The fourth-order valence-corrected chi connectivity index (χ4v) is 1.26. The number of carbonyl (C=O) groups is 2. The first kappa shape index (κ1) is 11.7.